The Balaban J connectivity index is 2.28. The monoisotopic (exact) mass is 355 g/mol. The minimum Gasteiger partial charge on any atom is -0.388 e. The van der Waals surface area contributed by atoms with Crippen molar-refractivity contribution in [3.63, 3.8) is 0 Å². The van der Waals surface area contributed by atoms with Crippen molar-refractivity contribution in [3.8, 4) is 0 Å². The number of hydrogen-bond donors (Lipinski definition) is 3. The molecule has 6 heteroatoms. The Hall–Kier alpha value is -1.21. The van der Waals surface area contributed by atoms with Crippen molar-refractivity contribution in [2.75, 3.05) is 0 Å². The van der Waals surface area contributed by atoms with Gasteiger partial charge in [-0.05, 0) is 11.6 Å². The van der Waals surface area contributed by atoms with Crippen LogP contribution >= 0.6 is 15.9 Å². The highest BCUT2D eigenvalue weighted by Crippen LogP contribution is 2.28. The van der Waals surface area contributed by atoms with E-state index in [4.69, 9.17) is 0 Å². The van der Waals surface area contributed by atoms with Crippen LogP contribution < -0.4 is 0 Å². The van der Waals surface area contributed by atoms with Gasteiger partial charge in [0.15, 0.2) is 0 Å². The lowest BCUT2D eigenvalue weighted by molar-refractivity contribution is -0.138. The summed E-state index contributed by atoms with van der Waals surface area (Å²) in [6.45, 7) is 1.73. The smallest absolute Gasteiger partial charge is 0.220 e. The Kier molecular flexibility index (Phi) is 5.16. The SMILES string of the molecule is CC(=O)N(Cc1ccccc1)[C@H]1C=C(Br)[C@@H](O)[C@@H](O)[C@@H]1O. The molecule has 0 saturated heterocycles. The van der Waals surface area contributed by atoms with Crippen LogP contribution in [0.15, 0.2) is 40.9 Å². The predicted octanol–water partition coefficient (Wildman–Crippen LogP) is 0.779. The number of aliphatic hydroxyl groups is 3. The first kappa shape index (κ1) is 16.2. The van der Waals surface area contributed by atoms with Gasteiger partial charge in [0, 0.05) is 18.0 Å². The molecule has 3 N–H and O–H groups in total. The third kappa shape index (κ3) is 3.52. The van der Waals surface area contributed by atoms with Crippen molar-refractivity contribution in [2.45, 2.75) is 37.8 Å². The molecule has 0 spiro atoms. The zero-order valence-corrected chi connectivity index (χ0v) is 13.1. The van der Waals surface area contributed by atoms with Crippen molar-refractivity contribution in [1.82, 2.24) is 4.90 Å². The van der Waals surface area contributed by atoms with Crippen molar-refractivity contribution in [1.29, 1.82) is 0 Å². The van der Waals surface area contributed by atoms with Gasteiger partial charge in [0.25, 0.3) is 0 Å². The first-order valence-corrected chi connectivity index (χ1v) is 7.43. The molecule has 1 aliphatic rings. The van der Waals surface area contributed by atoms with E-state index in [1.807, 2.05) is 30.3 Å². The highest BCUT2D eigenvalue weighted by Gasteiger charge is 2.40. The minimum atomic E-state index is -1.34. The van der Waals surface area contributed by atoms with Crippen LogP contribution in [0.25, 0.3) is 0 Å². The molecular weight excluding hydrogens is 338 g/mol. The normalized spacial score (nSPS) is 28.9. The number of aliphatic hydroxyl groups excluding tert-OH is 3. The van der Waals surface area contributed by atoms with E-state index in [0.29, 0.717) is 11.0 Å². The van der Waals surface area contributed by atoms with Crippen LogP contribution in [-0.2, 0) is 11.3 Å². The fraction of sp³-hybridized carbons (Fsp3) is 0.400. The summed E-state index contributed by atoms with van der Waals surface area (Å²) in [4.78, 5) is 13.4. The Morgan fingerprint density at radius 2 is 1.81 bits per heavy atom. The summed E-state index contributed by atoms with van der Waals surface area (Å²) >= 11 is 3.17. The largest absolute Gasteiger partial charge is 0.388 e. The second-order valence-electron chi connectivity index (χ2n) is 5.10. The molecule has 1 amide bonds. The molecule has 0 bridgehead atoms. The van der Waals surface area contributed by atoms with Crippen molar-refractivity contribution in [2.24, 2.45) is 0 Å². The highest BCUT2D eigenvalue weighted by atomic mass is 79.9. The molecule has 5 nitrogen and oxygen atoms in total. The van der Waals surface area contributed by atoms with Crippen molar-refractivity contribution >= 4 is 21.8 Å². The standard InChI is InChI=1S/C15H18BrNO4/c1-9(18)17(8-10-5-3-2-4-6-10)12-7-11(16)13(19)15(21)14(12)20/h2-7,12-15,19-21H,8H2,1H3/t12-,13+,14+,15+/m0/s1. The van der Waals surface area contributed by atoms with Gasteiger partial charge in [-0.2, -0.15) is 0 Å². The van der Waals surface area contributed by atoms with Crippen molar-refractivity contribution in [3.05, 3.63) is 46.5 Å². The zero-order valence-electron chi connectivity index (χ0n) is 11.6. The van der Waals surface area contributed by atoms with Gasteiger partial charge in [-0.3, -0.25) is 4.79 Å². The lowest BCUT2D eigenvalue weighted by atomic mass is 9.92. The second-order valence-corrected chi connectivity index (χ2v) is 6.02. The molecule has 0 radical (unpaired) electrons. The molecule has 0 fully saturated rings. The molecule has 21 heavy (non-hydrogen) atoms. The number of nitrogens with zero attached hydrogens (tertiary/aromatic N) is 1. The van der Waals surface area contributed by atoms with Gasteiger partial charge >= 0.3 is 0 Å². The Bertz CT molecular complexity index is 534. The van der Waals surface area contributed by atoms with E-state index in [9.17, 15) is 20.1 Å². The van der Waals surface area contributed by atoms with Crippen LogP contribution in [0.1, 0.15) is 12.5 Å². The van der Waals surface area contributed by atoms with Gasteiger partial charge in [-0.15, -0.1) is 0 Å². The summed E-state index contributed by atoms with van der Waals surface area (Å²) in [5.74, 6) is -0.219. The molecular formula is C15H18BrNO4. The lowest BCUT2D eigenvalue weighted by Gasteiger charge is -2.39. The van der Waals surface area contributed by atoms with Crippen LogP contribution in [0.5, 0.6) is 0 Å². The van der Waals surface area contributed by atoms with Crippen molar-refractivity contribution < 1.29 is 20.1 Å². The van der Waals surface area contributed by atoms with E-state index >= 15 is 0 Å². The molecule has 1 aromatic carbocycles. The molecule has 4 atom stereocenters. The Morgan fingerprint density at radius 3 is 2.38 bits per heavy atom. The summed E-state index contributed by atoms with van der Waals surface area (Å²) in [6, 6.07) is 8.69. The first-order valence-electron chi connectivity index (χ1n) is 6.64. The molecule has 114 valence electrons. The molecule has 0 unspecified atom stereocenters. The fourth-order valence-electron chi connectivity index (χ4n) is 2.39. The summed E-state index contributed by atoms with van der Waals surface area (Å²) in [6.07, 6.45) is -2.20. The summed E-state index contributed by atoms with van der Waals surface area (Å²) in [5.41, 5.74) is 0.921. The zero-order chi connectivity index (χ0) is 15.6. The maximum atomic E-state index is 11.9. The molecule has 2 rings (SSSR count). The van der Waals surface area contributed by atoms with E-state index in [2.05, 4.69) is 15.9 Å². The number of rotatable bonds is 3. The molecule has 0 heterocycles. The summed E-state index contributed by atoms with van der Waals surface area (Å²) < 4.78 is 0.365. The summed E-state index contributed by atoms with van der Waals surface area (Å²) in [7, 11) is 0. The summed E-state index contributed by atoms with van der Waals surface area (Å²) in [5, 5.41) is 29.7. The van der Waals surface area contributed by atoms with E-state index in [1.165, 1.54) is 11.8 Å². The van der Waals surface area contributed by atoms with Gasteiger partial charge in [-0.1, -0.05) is 46.3 Å². The first-order chi connectivity index (χ1) is 9.91. The molecule has 0 aromatic heterocycles. The van der Waals surface area contributed by atoms with E-state index < -0.39 is 24.4 Å². The second kappa shape index (κ2) is 6.70. The third-order valence-electron chi connectivity index (χ3n) is 3.60. The topological polar surface area (TPSA) is 81.0 Å². The highest BCUT2D eigenvalue weighted by molar-refractivity contribution is 9.11. The van der Waals surface area contributed by atoms with Crippen LogP contribution in [0, 0.1) is 0 Å². The molecule has 0 aliphatic heterocycles. The number of halogens is 1. The van der Waals surface area contributed by atoms with Gasteiger partial charge in [-0.25, -0.2) is 0 Å². The molecule has 0 saturated carbocycles. The lowest BCUT2D eigenvalue weighted by Crippen LogP contribution is -2.55. The number of carbonyl (C=O) groups is 1. The minimum absolute atomic E-state index is 0.219. The van der Waals surface area contributed by atoms with Crippen LogP contribution in [-0.4, -0.2) is 50.5 Å². The molecule has 1 aromatic rings. The van der Waals surface area contributed by atoms with Crippen LogP contribution in [0.3, 0.4) is 0 Å². The number of amides is 1. The van der Waals surface area contributed by atoms with Gasteiger partial charge in [0.2, 0.25) is 5.91 Å². The van der Waals surface area contributed by atoms with E-state index in [1.54, 1.807) is 6.08 Å². The number of hydrogen-bond acceptors (Lipinski definition) is 4. The quantitative estimate of drug-likeness (QED) is 0.748. The van der Waals surface area contributed by atoms with Gasteiger partial charge < -0.3 is 20.2 Å². The third-order valence-corrected chi connectivity index (χ3v) is 4.33. The van der Waals surface area contributed by atoms with Gasteiger partial charge in [0.05, 0.1) is 6.04 Å². The maximum Gasteiger partial charge on any atom is 0.220 e. The van der Waals surface area contributed by atoms with Gasteiger partial charge in [0.1, 0.15) is 18.3 Å². The number of benzene rings is 1. The average molecular weight is 356 g/mol. The van der Waals surface area contributed by atoms with E-state index in [-0.39, 0.29) is 5.91 Å². The van der Waals surface area contributed by atoms with Crippen LogP contribution in [0.2, 0.25) is 0 Å². The maximum absolute atomic E-state index is 11.9. The fourth-order valence-corrected chi connectivity index (χ4v) is 2.94. The molecule has 1 aliphatic carbocycles. The van der Waals surface area contributed by atoms with E-state index in [0.717, 1.165) is 5.56 Å². The average Bonchev–Trinajstić information content (AvgIpc) is 2.47. The predicted molar refractivity (Wildman–Crippen MR) is 81.5 cm³/mol. The Morgan fingerprint density at radius 1 is 1.19 bits per heavy atom. The van der Waals surface area contributed by atoms with Crippen LogP contribution in [0.4, 0.5) is 0 Å². The number of carbonyl (C=O) groups excluding carboxylic acids is 1. The Labute approximate surface area is 131 Å².